The summed E-state index contributed by atoms with van der Waals surface area (Å²) in [7, 11) is 0. The molecule has 1 atom stereocenters. The third kappa shape index (κ3) is 5.21. The van der Waals surface area contributed by atoms with Gasteiger partial charge in [-0.15, -0.1) is 0 Å². The molecule has 0 aromatic heterocycles. The topological polar surface area (TPSA) is 62.9 Å². The van der Waals surface area contributed by atoms with Crippen molar-refractivity contribution in [3.63, 3.8) is 0 Å². The number of rotatable bonds is 5. The highest BCUT2D eigenvalue weighted by Gasteiger charge is 2.22. The number of aliphatic imine (C=N–C) groups is 1. The molecule has 1 saturated heterocycles. The number of aryl methyl sites for hydroxylation is 1. The third-order valence-corrected chi connectivity index (χ3v) is 4.71. The van der Waals surface area contributed by atoms with Crippen LogP contribution in [0.4, 0.5) is 5.69 Å². The number of benzene rings is 2. The molecule has 0 amide bonds. The molecule has 138 valence electrons. The monoisotopic (exact) mass is 372 g/mol. The fourth-order valence-corrected chi connectivity index (χ4v) is 3.24. The van der Waals surface area contributed by atoms with E-state index in [1.54, 1.807) is 0 Å². The van der Waals surface area contributed by atoms with E-state index in [2.05, 4.69) is 28.2 Å². The van der Waals surface area contributed by atoms with Gasteiger partial charge in [-0.3, -0.25) is 9.89 Å². The number of ether oxygens (including phenoxy) is 1. The number of nitrogens with one attached hydrogen (secondary N) is 1. The molecule has 1 unspecified atom stereocenters. The lowest BCUT2D eigenvalue weighted by atomic mass is 10.0. The van der Waals surface area contributed by atoms with E-state index in [1.165, 1.54) is 5.56 Å². The summed E-state index contributed by atoms with van der Waals surface area (Å²) < 4.78 is 5.48. The van der Waals surface area contributed by atoms with Crippen molar-refractivity contribution < 1.29 is 4.74 Å². The molecule has 1 fully saturated rings. The molecule has 6 heteroatoms. The van der Waals surface area contributed by atoms with E-state index in [0.717, 1.165) is 42.6 Å². The molecule has 1 aliphatic heterocycles. The number of hydrogen-bond donors (Lipinski definition) is 2. The van der Waals surface area contributed by atoms with Crippen LogP contribution in [0.2, 0.25) is 5.02 Å². The van der Waals surface area contributed by atoms with Gasteiger partial charge in [-0.05, 0) is 36.8 Å². The second-order valence-corrected chi connectivity index (χ2v) is 6.87. The normalized spacial score (nSPS) is 17.1. The second-order valence-electron chi connectivity index (χ2n) is 6.44. The van der Waals surface area contributed by atoms with Crippen LogP contribution in [0.5, 0.6) is 0 Å². The Hall–Kier alpha value is -2.08. The second kappa shape index (κ2) is 9.03. The van der Waals surface area contributed by atoms with Crippen LogP contribution >= 0.6 is 11.6 Å². The quantitative estimate of drug-likeness (QED) is 0.623. The fourth-order valence-electron chi connectivity index (χ4n) is 3.04. The van der Waals surface area contributed by atoms with Crippen LogP contribution < -0.4 is 11.1 Å². The van der Waals surface area contributed by atoms with Crippen molar-refractivity contribution in [3.8, 4) is 0 Å². The summed E-state index contributed by atoms with van der Waals surface area (Å²) in [6, 6.07) is 16.1. The van der Waals surface area contributed by atoms with Crippen molar-refractivity contribution in [3.05, 3.63) is 64.7 Å². The van der Waals surface area contributed by atoms with Gasteiger partial charge in [0, 0.05) is 23.8 Å². The fraction of sp³-hybridized carbons (Fsp3) is 0.350. The number of nitrogens with zero attached hydrogens (tertiary/aromatic N) is 2. The Balaban J connectivity index is 1.73. The number of anilines is 1. The molecule has 0 radical (unpaired) electrons. The van der Waals surface area contributed by atoms with Crippen molar-refractivity contribution in [2.24, 2.45) is 10.7 Å². The molecule has 1 heterocycles. The van der Waals surface area contributed by atoms with Gasteiger partial charge < -0.3 is 15.8 Å². The Morgan fingerprint density at radius 3 is 2.65 bits per heavy atom. The van der Waals surface area contributed by atoms with Gasteiger partial charge in [-0.2, -0.15) is 0 Å². The standard InChI is InChI=1S/C20H25ClN4O/c1-15-5-7-18(8-6-15)24-20(22)23-14-19(25-9-11-26-12-10-25)16-3-2-4-17(21)13-16/h2-8,13,19H,9-12,14H2,1H3,(H3,22,23,24). The molecule has 0 saturated carbocycles. The van der Waals surface area contributed by atoms with Gasteiger partial charge in [0.2, 0.25) is 0 Å². The number of guanidine groups is 1. The maximum Gasteiger partial charge on any atom is 0.193 e. The predicted octanol–water partition coefficient (Wildman–Crippen LogP) is 3.45. The van der Waals surface area contributed by atoms with Gasteiger partial charge in [0.05, 0.1) is 25.8 Å². The molecule has 3 N–H and O–H groups in total. The summed E-state index contributed by atoms with van der Waals surface area (Å²) in [5, 5.41) is 3.88. The van der Waals surface area contributed by atoms with Crippen LogP contribution in [0, 0.1) is 6.92 Å². The van der Waals surface area contributed by atoms with Crippen LogP contribution in [0.15, 0.2) is 53.5 Å². The zero-order valence-electron chi connectivity index (χ0n) is 15.0. The van der Waals surface area contributed by atoms with Crippen molar-refractivity contribution >= 4 is 23.2 Å². The molecule has 3 rings (SSSR count). The SMILES string of the molecule is Cc1ccc(NC(N)=NCC(c2cccc(Cl)c2)N2CCOCC2)cc1. The van der Waals surface area contributed by atoms with E-state index >= 15 is 0 Å². The van der Waals surface area contributed by atoms with Crippen LogP contribution in [0.1, 0.15) is 17.2 Å². The summed E-state index contributed by atoms with van der Waals surface area (Å²) in [5.41, 5.74) is 9.38. The highest BCUT2D eigenvalue weighted by Crippen LogP contribution is 2.25. The molecule has 0 spiro atoms. The number of hydrogen-bond acceptors (Lipinski definition) is 3. The lowest BCUT2D eigenvalue weighted by Crippen LogP contribution is -2.40. The van der Waals surface area contributed by atoms with Crippen LogP contribution in [-0.4, -0.2) is 43.7 Å². The number of morpholine rings is 1. The van der Waals surface area contributed by atoms with Crippen LogP contribution in [0.25, 0.3) is 0 Å². The predicted molar refractivity (Wildman–Crippen MR) is 108 cm³/mol. The molecule has 1 aliphatic rings. The summed E-state index contributed by atoms with van der Waals surface area (Å²) in [6.45, 7) is 5.83. The molecule has 26 heavy (non-hydrogen) atoms. The van der Waals surface area contributed by atoms with Gasteiger partial charge in [0.25, 0.3) is 0 Å². The van der Waals surface area contributed by atoms with Gasteiger partial charge in [-0.25, -0.2) is 0 Å². The highest BCUT2D eigenvalue weighted by molar-refractivity contribution is 6.30. The molecular weight excluding hydrogens is 348 g/mol. The molecule has 0 aliphatic carbocycles. The molecule has 5 nitrogen and oxygen atoms in total. The third-order valence-electron chi connectivity index (χ3n) is 4.48. The van der Waals surface area contributed by atoms with Gasteiger partial charge in [0.1, 0.15) is 0 Å². The summed E-state index contributed by atoms with van der Waals surface area (Å²) in [5.74, 6) is 0.411. The maximum absolute atomic E-state index is 6.19. The highest BCUT2D eigenvalue weighted by atomic mass is 35.5. The van der Waals surface area contributed by atoms with E-state index in [4.69, 9.17) is 22.1 Å². The Bertz CT molecular complexity index is 742. The first-order valence-corrected chi connectivity index (χ1v) is 9.20. The zero-order valence-corrected chi connectivity index (χ0v) is 15.7. The Morgan fingerprint density at radius 2 is 1.96 bits per heavy atom. The van der Waals surface area contributed by atoms with E-state index < -0.39 is 0 Å². The maximum atomic E-state index is 6.19. The lowest BCUT2D eigenvalue weighted by molar-refractivity contribution is 0.0180. The van der Waals surface area contributed by atoms with E-state index in [-0.39, 0.29) is 6.04 Å². The van der Waals surface area contributed by atoms with Crippen molar-refractivity contribution in [2.45, 2.75) is 13.0 Å². The summed E-state index contributed by atoms with van der Waals surface area (Å²) in [4.78, 5) is 6.95. The minimum Gasteiger partial charge on any atom is -0.379 e. The largest absolute Gasteiger partial charge is 0.379 e. The molecule has 0 bridgehead atoms. The van der Waals surface area contributed by atoms with Gasteiger partial charge in [0.15, 0.2) is 5.96 Å². The zero-order chi connectivity index (χ0) is 18.4. The van der Waals surface area contributed by atoms with Crippen LogP contribution in [0.3, 0.4) is 0 Å². The Labute approximate surface area is 159 Å². The van der Waals surface area contributed by atoms with Crippen molar-refractivity contribution in [1.82, 2.24) is 4.90 Å². The number of nitrogens with two attached hydrogens (primary N) is 1. The first-order valence-electron chi connectivity index (χ1n) is 8.83. The molecule has 2 aromatic carbocycles. The van der Waals surface area contributed by atoms with Crippen molar-refractivity contribution in [2.75, 3.05) is 38.2 Å². The minimum atomic E-state index is 0.121. The minimum absolute atomic E-state index is 0.121. The summed E-state index contributed by atoms with van der Waals surface area (Å²) >= 11 is 6.19. The molecule has 2 aromatic rings. The Morgan fingerprint density at radius 1 is 1.23 bits per heavy atom. The smallest absolute Gasteiger partial charge is 0.193 e. The van der Waals surface area contributed by atoms with E-state index in [9.17, 15) is 0 Å². The van der Waals surface area contributed by atoms with E-state index in [0.29, 0.717) is 12.5 Å². The van der Waals surface area contributed by atoms with Crippen molar-refractivity contribution in [1.29, 1.82) is 0 Å². The first-order chi connectivity index (χ1) is 12.6. The lowest BCUT2D eigenvalue weighted by Gasteiger charge is -2.34. The first kappa shape index (κ1) is 18.7. The van der Waals surface area contributed by atoms with Crippen LogP contribution in [-0.2, 0) is 4.74 Å². The van der Waals surface area contributed by atoms with Gasteiger partial charge >= 0.3 is 0 Å². The van der Waals surface area contributed by atoms with Gasteiger partial charge in [-0.1, -0.05) is 41.4 Å². The average Bonchev–Trinajstić information content (AvgIpc) is 2.65. The van der Waals surface area contributed by atoms with E-state index in [1.807, 2.05) is 42.5 Å². The average molecular weight is 373 g/mol. The molecular formula is C20H25ClN4O. The Kier molecular flexibility index (Phi) is 6.50. The summed E-state index contributed by atoms with van der Waals surface area (Å²) in [6.07, 6.45) is 0. The number of halogens is 1.